The maximum atomic E-state index is 6.24. The molecule has 5 heterocycles. The van der Waals surface area contributed by atoms with Crippen LogP contribution in [-0.4, -0.2) is 41.7 Å². The van der Waals surface area contributed by atoms with E-state index in [1.807, 2.05) is 18.5 Å². The number of nitrogens with one attached hydrogen (secondary N) is 1. The first-order valence-electron chi connectivity index (χ1n) is 9.18. The molecular formula is C19H22N4O2S. The van der Waals surface area contributed by atoms with Gasteiger partial charge in [0.25, 0.3) is 6.01 Å². The van der Waals surface area contributed by atoms with Gasteiger partial charge in [0.15, 0.2) is 5.58 Å². The Hall–Kier alpha value is -1.96. The number of hydrogen-bond donors (Lipinski definition) is 1. The summed E-state index contributed by atoms with van der Waals surface area (Å²) in [6, 6.07) is 6.07. The van der Waals surface area contributed by atoms with Crippen LogP contribution in [0.5, 0.6) is 0 Å². The maximum Gasteiger partial charge on any atom is 0.298 e. The van der Waals surface area contributed by atoms with Crippen LogP contribution in [0.1, 0.15) is 31.9 Å². The average molecular weight is 370 g/mol. The van der Waals surface area contributed by atoms with Crippen LogP contribution in [0.3, 0.4) is 0 Å². The Morgan fingerprint density at radius 2 is 2.19 bits per heavy atom. The van der Waals surface area contributed by atoms with Crippen molar-refractivity contribution in [2.24, 2.45) is 0 Å². The third-order valence-corrected chi connectivity index (χ3v) is 6.05. The second kappa shape index (κ2) is 6.33. The summed E-state index contributed by atoms with van der Waals surface area (Å²) >= 11 is 1.61. The molecule has 2 aromatic heterocycles. The number of anilines is 1. The number of thiazole rings is 1. The summed E-state index contributed by atoms with van der Waals surface area (Å²) in [6.45, 7) is 6.68. The highest BCUT2D eigenvalue weighted by Crippen LogP contribution is 2.37. The van der Waals surface area contributed by atoms with Gasteiger partial charge in [-0.25, -0.2) is 4.98 Å². The van der Waals surface area contributed by atoms with Gasteiger partial charge >= 0.3 is 0 Å². The molecule has 7 heteroatoms. The minimum Gasteiger partial charge on any atom is -0.423 e. The molecular weight excluding hydrogens is 348 g/mol. The summed E-state index contributed by atoms with van der Waals surface area (Å²) < 4.78 is 12.0. The molecule has 3 aliphatic rings. The molecule has 0 aliphatic carbocycles. The minimum atomic E-state index is 0.00935. The largest absolute Gasteiger partial charge is 0.423 e. The van der Waals surface area contributed by atoms with E-state index < -0.39 is 0 Å². The lowest BCUT2D eigenvalue weighted by atomic mass is 9.92. The molecule has 1 aromatic carbocycles. The van der Waals surface area contributed by atoms with Crippen molar-refractivity contribution in [1.29, 1.82) is 0 Å². The molecule has 3 aliphatic heterocycles. The second-order valence-electron chi connectivity index (χ2n) is 7.05. The number of ether oxygens (including phenoxy) is 1. The van der Waals surface area contributed by atoms with Crippen LogP contribution < -0.4 is 10.2 Å². The Kier molecular flexibility index (Phi) is 3.95. The molecule has 3 unspecified atom stereocenters. The molecule has 1 N–H and O–H groups in total. The topological polar surface area (TPSA) is 63.4 Å². The van der Waals surface area contributed by atoms with Crippen LogP contribution >= 0.6 is 11.3 Å². The molecule has 26 heavy (non-hydrogen) atoms. The molecule has 3 fully saturated rings. The van der Waals surface area contributed by atoms with E-state index in [4.69, 9.17) is 14.1 Å². The van der Waals surface area contributed by atoms with Gasteiger partial charge in [-0.2, -0.15) is 4.98 Å². The molecule has 3 atom stereocenters. The Labute approximate surface area is 156 Å². The molecule has 136 valence electrons. The zero-order chi connectivity index (χ0) is 17.7. The zero-order valence-electron chi connectivity index (χ0n) is 14.9. The number of piperidine rings is 1. The van der Waals surface area contributed by atoms with Gasteiger partial charge in [-0.05, 0) is 38.0 Å². The van der Waals surface area contributed by atoms with Crippen molar-refractivity contribution in [3.63, 3.8) is 0 Å². The number of aromatic nitrogens is 2. The number of hydrogen-bond acceptors (Lipinski definition) is 7. The third kappa shape index (κ3) is 2.71. The molecule has 0 spiro atoms. The van der Waals surface area contributed by atoms with E-state index in [1.165, 1.54) is 6.42 Å². The van der Waals surface area contributed by atoms with Crippen molar-refractivity contribution in [2.75, 3.05) is 24.6 Å². The molecule has 3 saturated heterocycles. The fraction of sp³-hybridized carbons (Fsp3) is 0.474. The summed E-state index contributed by atoms with van der Waals surface area (Å²) in [4.78, 5) is 11.6. The lowest BCUT2D eigenvalue weighted by Gasteiger charge is -2.47. The van der Waals surface area contributed by atoms with E-state index in [9.17, 15) is 0 Å². The van der Waals surface area contributed by atoms with Gasteiger partial charge in [-0.15, -0.1) is 11.3 Å². The smallest absolute Gasteiger partial charge is 0.298 e. The molecule has 6 nitrogen and oxygen atoms in total. The van der Waals surface area contributed by atoms with Crippen molar-refractivity contribution < 1.29 is 9.15 Å². The number of rotatable bonds is 5. The molecule has 6 rings (SSSR count). The summed E-state index contributed by atoms with van der Waals surface area (Å²) in [6.07, 6.45) is 3.10. The Bertz CT molecular complexity index is 907. The van der Waals surface area contributed by atoms with E-state index in [0.29, 0.717) is 18.7 Å². The monoisotopic (exact) mass is 370 g/mol. The highest BCUT2D eigenvalue weighted by atomic mass is 32.1. The summed E-state index contributed by atoms with van der Waals surface area (Å²) in [5.41, 5.74) is 3.79. The quantitative estimate of drug-likeness (QED) is 0.740. The highest BCUT2D eigenvalue weighted by Gasteiger charge is 2.38. The molecule has 0 radical (unpaired) electrons. The van der Waals surface area contributed by atoms with Crippen LogP contribution in [0.2, 0.25) is 0 Å². The predicted molar refractivity (Wildman–Crippen MR) is 103 cm³/mol. The van der Waals surface area contributed by atoms with Gasteiger partial charge in [0, 0.05) is 43.4 Å². The number of fused-ring (bicyclic) bond motifs is 3. The van der Waals surface area contributed by atoms with Crippen LogP contribution in [0.25, 0.3) is 21.7 Å². The van der Waals surface area contributed by atoms with Crippen molar-refractivity contribution in [2.45, 2.75) is 38.5 Å². The molecule has 3 aromatic rings. The lowest BCUT2D eigenvalue weighted by Crippen LogP contribution is -2.67. The number of nitrogens with zero attached hydrogens (tertiary/aromatic N) is 3. The molecule has 2 bridgehead atoms. The van der Waals surface area contributed by atoms with Gasteiger partial charge < -0.3 is 19.4 Å². The Morgan fingerprint density at radius 1 is 1.38 bits per heavy atom. The summed E-state index contributed by atoms with van der Waals surface area (Å²) in [5.74, 6) is 0. The van der Waals surface area contributed by atoms with Gasteiger partial charge in [-0.1, -0.05) is 0 Å². The van der Waals surface area contributed by atoms with E-state index >= 15 is 0 Å². The predicted octanol–water partition coefficient (Wildman–Crippen LogP) is 3.60. The van der Waals surface area contributed by atoms with Crippen LogP contribution in [0.4, 0.5) is 6.01 Å². The number of benzene rings is 1. The Morgan fingerprint density at radius 3 is 2.88 bits per heavy atom. The first-order valence-corrected chi connectivity index (χ1v) is 10.1. The van der Waals surface area contributed by atoms with Gasteiger partial charge in [-0.3, -0.25) is 0 Å². The van der Waals surface area contributed by atoms with Gasteiger partial charge in [0.05, 0.1) is 11.7 Å². The van der Waals surface area contributed by atoms with E-state index in [1.54, 1.807) is 11.3 Å². The summed E-state index contributed by atoms with van der Waals surface area (Å²) in [5, 5.41) is 6.49. The van der Waals surface area contributed by atoms with Crippen molar-refractivity contribution in [3.8, 4) is 10.6 Å². The minimum absolute atomic E-state index is 0.00935. The average Bonchev–Trinajstić information content (AvgIpc) is 3.30. The first-order chi connectivity index (χ1) is 12.7. The molecule has 0 amide bonds. The lowest BCUT2D eigenvalue weighted by molar-refractivity contribution is 0.0765. The molecule has 0 saturated carbocycles. The maximum absolute atomic E-state index is 6.24. The third-order valence-electron chi connectivity index (χ3n) is 5.24. The SMILES string of the molecule is CCOC(C)c1cc(-c2nccs2)c2oc(N3CC4CC(C3)N4)nc2c1. The van der Waals surface area contributed by atoms with Crippen LogP contribution in [0, 0.1) is 0 Å². The second-order valence-corrected chi connectivity index (χ2v) is 7.94. The van der Waals surface area contributed by atoms with E-state index in [0.717, 1.165) is 46.3 Å². The number of oxazole rings is 1. The van der Waals surface area contributed by atoms with Crippen molar-refractivity contribution >= 4 is 28.5 Å². The fourth-order valence-corrected chi connectivity index (χ4v) is 4.59. The summed E-state index contributed by atoms with van der Waals surface area (Å²) in [7, 11) is 0. The van der Waals surface area contributed by atoms with Crippen LogP contribution in [-0.2, 0) is 4.74 Å². The fourth-order valence-electron chi connectivity index (χ4n) is 3.94. The zero-order valence-corrected chi connectivity index (χ0v) is 15.8. The standard InChI is InChI=1S/C19H22N4O2S/c1-3-24-11(2)12-6-15(18-20-4-5-26-18)17-16(7-12)22-19(25-17)23-9-13-8-14(10-23)21-13/h4-7,11,13-14,21H,3,8-10H2,1-2H3. The normalized spacial score (nSPS) is 23.2. The van der Waals surface area contributed by atoms with E-state index in [-0.39, 0.29) is 6.10 Å². The van der Waals surface area contributed by atoms with Gasteiger partial charge in [0.1, 0.15) is 10.5 Å². The van der Waals surface area contributed by atoms with Crippen molar-refractivity contribution in [3.05, 3.63) is 29.3 Å². The van der Waals surface area contributed by atoms with Gasteiger partial charge in [0.2, 0.25) is 0 Å². The first kappa shape index (κ1) is 16.2. The number of piperazine rings is 1. The van der Waals surface area contributed by atoms with Crippen LogP contribution in [0.15, 0.2) is 28.1 Å². The van der Waals surface area contributed by atoms with E-state index in [2.05, 4.69) is 34.3 Å². The highest BCUT2D eigenvalue weighted by molar-refractivity contribution is 7.13. The van der Waals surface area contributed by atoms with Crippen molar-refractivity contribution in [1.82, 2.24) is 15.3 Å². The Balaban J connectivity index is 1.59.